The summed E-state index contributed by atoms with van der Waals surface area (Å²) < 4.78 is 52.0. The van der Waals surface area contributed by atoms with E-state index in [9.17, 15) is 18.0 Å². The Morgan fingerprint density at radius 2 is 2.05 bits per heavy atom. The summed E-state index contributed by atoms with van der Waals surface area (Å²) in [6.45, 7) is -0.975. The van der Waals surface area contributed by atoms with Crippen molar-refractivity contribution in [3.63, 3.8) is 0 Å². The standard InChI is InChI=1S/C11H9F3O5/c12-11(13,14)7(10(15)16)4-17-6-1-2-8-9(3-6)19-5-18-8/h1-3,7H,4-5H2,(H,15,16). The van der Waals surface area contributed by atoms with Crippen LogP contribution in [0.1, 0.15) is 0 Å². The molecule has 1 atom stereocenters. The molecule has 1 aliphatic heterocycles. The molecule has 0 bridgehead atoms. The molecule has 1 heterocycles. The van der Waals surface area contributed by atoms with Crippen LogP contribution in [-0.4, -0.2) is 30.7 Å². The summed E-state index contributed by atoms with van der Waals surface area (Å²) in [5, 5.41) is 8.50. The summed E-state index contributed by atoms with van der Waals surface area (Å²) in [5.74, 6) is -3.67. The molecule has 0 aromatic heterocycles. The molecule has 5 nitrogen and oxygen atoms in total. The summed E-state index contributed by atoms with van der Waals surface area (Å²) in [6.07, 6.45) is -4.86. The van der Waals surface area contributed by atoms with Crippen molar-refractivity contribution in [1.29, 1.82) is 0 Å². The fraction of sp³-hybridized carbons (Fsp3) is 0.364. The Balaban J connectivity index is 2.03. The van der Waals surface area contributed by atoms with Crippen LogP contribution >= 0.6 is 0 Å². The topological polar surface area (TPSA) is 65.0 Å². The van der Waals surface area contributed by atoms with Gasteiger partial charge < -0.3 is 19.3 Å². The lowest BCUT2D eigenvalue weighted by Crippen LogP contribution is -2.35. The Morgan fingerprint density at radius 1 is 1.37 bits per heavy atom. The maximum absolute atomic E-state index is 12.4. The number of carboxylic acids is 1. The van der Waals surface area contributed by atoms with Gasteiger partial charge in [-0.3, -0.25) is 4.79 Å². The zero-order chi connectivity index (χ0) is 14.0. The quantitative estimate of drug-likeness (QED) is 0.913. The summed E-state index contributed by atoms with van der Waals surface area (Å²) in [5.41, 5.74) is 0. The van der Waals surface area contributed by atoms with Crippen LogP contribution in [0.15, 0.2) is 18.2 Å². The highest BCUT2D eigenvalue weighted by molar-refractivity contribution is 5.71. The first-order valence-corrected chi connectivity index (χ1v) is 5.20. The number of benzene rings is 1. The number of hydrogen-bond acceptors (Lipinski definition) is 4. The first-order valence-electron chi connectivity index (χ1n) is 5.20. The lowest BCUT2D eigenvalue weighted by Gasteiger charge is -2.16. The van der Waals surface area contributed by atoms with Crippen LogP contribution in [0.4, 0.5) is 13.2 Å². The molecule has 1 aromatic rings. The second-order valence-electron chi connectivity index (χ2n) is 3.76. The van der Waals surface area contributed by atoms with Crippen LogP contribution in [0.25, 0.3) is 0 Å². The number of fused-ring (bicyclic) bond motifs is 1. The van der Waals surface area contributed by atoms with Crippen molar-refractivity contribution in [1.82, 2.24) is 0 Å². The Labute approximate surface area is 105 Å². The number of halogens is 3. The molecular formula is C11H9F3O5. The third-order valence-corrected chi connectivity index (χ3v) is 2.45. The number of aliphatic carboxylic acids is 1. The van der Waals surface area contributed by atoms with E-state index < -0.39 is 24.7 Å². The highest BCUT2D eigenvalue weighted by atomic mass is 19.4. The van der Waals surface area contributed by atoms with Gasteiger partial charge in [-0.25, -0.2) is 0 Å². The molecule has 0 saturated heterocycles. The SMILES string of the molecule is O=C(O)C(COc1ccc2c(c1)OCO2)C(F)(F)F. The second kappa shape index (κ2) is 4.87. The Bertz CT molecular complexity index is 486. The van der Waals surface area contributed by atoms with E-state index in [1.54, 1.807) is 0 Å². The van der Waals surface area contributed by atoms with Gasteiger partial charge in [-0.1, -0.05) is 0 Å². The fourth-order valence-corrected chi connectivity index (χ4v) is 1.45. The number of ether oxygens (including phenoxy) is 3. The molecule has 0 fully saturated rings. The van der Waals surface area contributed by atoms with Crippen molar-refractivity contribution >= 4 is 5.97 Å². The van der Waals surface area contributed by atoms with Gasteiger partial charge >= 0.3 is 12.1 Å². The van der Waals surface area contributed by atoms with Crippen molar-refractivity contribution in [3.05, 3.63) is 18.2 Å². The molecule has 1 aromatic carbocycles. The predicted octanol–water partition coefficient (Wildman–Crippen LogP) is 2.06. The van der Waals surface area contributed by atoms with Crippen molar-refractivity contribution in [2.75, 3.05) is 13.4 Å². The summed E-state index contributed by atoms with van der Waals surface area (Å²) in [7, 11) is 0. The fourth-order valence-electron chi connectivity index (χ4n) is 1.45. The van der Waals surface area contributed by atoms with Crippen molar-refractivity contribution in [2.24, 2.45) is 5.92 Å². The van der Waals surface area contributed by atoms with Gasteiger partial charge in [-0.2, -0.15) is 13.2 Å². The normalized spacial score (nSPS) is 15.1. The predicted molar refractivity (Wildman–Crippen MR) is 55.2 cm³/mol. The van der Waals surface area contributed by atoms with E-state index in [-0.39, 0.29) is 12.5 Å². The number of alkyl halides is 3. The first-order chi connectivity index (χ1) is 8.88. The lowest BCUT2D eigenvalue weighted by molar-refractivity contribution is -0.198. The Kier molecular flexibility index (Phi) is 3.41. The van der Waals surface area contributed by atoms with Crippen LogP contribution < -0.4 is 14.2 Å². The van der Waals surface area contributed by atoms with E-state index in [2.05, 4.69) is 0 Å². The Morgan fingerprint density at radius 3 is 2.68 bits per heavy atom. The molecule has 1 N–H and O–H groups in total. The minimum absolute atomic E-state index is 0.0269. The van der Waals surface area contributed by atoms with E-state index in [0.29, 0.717) is 11.5 Å². The molecule has 8 heteroatoms. The zero-order valence-electron chi connectivity index (χ0n) is 9.44. The van der Waals surface area contributed by atoms with Crippen LogP contribution in [0.3, 0.4) is 0 Å². The van der Waals surface area contributed by atoms with E-state index in [0.717, 1.165) is 0 Å². The van der Waals surface area contributed by atoms with Crippen molar-refractivity contribution in [3.8, 4) is 17.2 Å². The largest absolute Gasteiger partial charge is 0.492 e. The Hall–Kier alpha value is -2.12. The van der Waals surface area contributed by atoms with Gasteiger partial charge in [0.15, 0.2) is 17.4 Å². The maximum atomic E-state index is 12.4. The van der Waals surface area contributed by atoms with Crippen molar-refractivity contribution < 1.29 is 37.3 Å². The van der Waals surface area contributed by atoms with Crippen LogP contribution in [0.5, 0.6) is 17.2 Å². The summed E-state index contributed by atoms with van der Waals surface area (Å²) in [4.78, 5) is 10.5. The first kappa shape index (κ1) is 13.3. The van der Waals surface area contributed by atoms with Gasteiger partial charge in [-0.05, 0) is 12.1 Å². The van der Waals surface area contributed by atoms with E-state index in [1.807, 2.05) is 0 Å². The van der Waals surface area contributed by atoms with E-state index >= 15 is 0 Å². The number of carboxylic acid groups (broad SMARTS) is 1. The average Bonchev–Trinajstić information content (AvgIpc) is 2.73. The van der Waals surface area contributed by atoms with Crippen LogP contribution in [0.2, 0.25) is 0 Å². The van der Waals surface area contributed by atoms with Gasteiger partial charge in [0.1, 0.15) is 12.4 Å². The number of hydrogen-bond donors (Lipinski definition) is 1. The van der Waals surface area contributed by atoms with E-state index in [1.165, 1.54) is 18.2 Å². The maximum Gasteiger partial charge on any atom is 0.405 e. The average molecular weight is 278 g/mol. The molecule has 0 spiro atoms. The van der Waals surface area contributed by atoms with Crippen LogP contribution in [-0.2, 0) is 4.79 Å². The molecule has 0 saturated carbocycles. The number of carbonyl (C=O) groups is 1. The molecule has 1 aliphatic rings. The monoisotopic (exact) mass is 278 g/mol. The zero-order valence-corrected chi connectivity index (χ0v) is 9.44. The molecule has 0 amide bonds. The van der Waals surface area contributed by atoms with E-state index in [4.69, 9.17) is 19.3 Å². The van der Waals surface area contributed by atoms with Crippen molar-refractivity contribution in [2.45, 2.75) is 6.18 Å². The smallest absolute Gasteiger partial charge is 0.405 e. The molecule has 2 rings (SSSR count). The minimum atomic E-state index is -4.86. The molecular weight excluding hydrogens is 269 g/mol. The van der Waals surface area contributed by atoms with Gasteiger partial charge in [0.05, 0.1) is 0 Å². The molecule has 0 aliphatic carbocycles. The third kappa shape index (κ3) is 3.01. The molecule has 104 valence electrons. The summed E-state index contributed by atoms with van der Waals surface area (Å²) in [6, 6.07) is 4.20. The highest BCUT2D eigenvalue weighted by Gasteiger charge is 2.45. The van der Waals surface area contributed by atoms with Crippen LogP contribution in [0, 0.1) is 5.92 Å². The third-order valence-electron chi connectivity index (χ3n) is 2.45. The van der Waals surface area contributed by atoms with Gasteiger partial charge in [0.25, 0.3) is 0 Å². The van der Waals surface area contributed by atoms with Gasteiger partial charge in [0, 0.05) is 6.07 Å². The molecule has 0 radical (unpaired) electrons. The summed E-state index contributed by atoms with van der Waals surface area (Å²) >= 11 is 0. The lowest BCUT2D eigenvalue weighted by atomic mass is 10.1. The molecule has 19 heavy (non-hydrogen) atoms. The highest BCUT2D eigenvalue weighted by Crippen LogP contribution is 2.35. The second-order valence-corrected chi connectivity index (χ2v) is 3.76. The molecule has 1 unspecified atom stereocenters. The minimum Gasteiger partial charge on any atom is -0.492 e. The van der Waals surface area contributed by atoms with Gasteiger partial charge in [0.2, 0.25) is 6.79 Å². The van der Waals surface area contributed by atoms with Gasteiger partial charge in [-0.15, -0.1) is 0 Å². The number of rotatable bonds is 4.